The van der Waals surface area contributed by atoms with Crippen molar-refractivity contribution < 1.29 is 27.2 Å². The van der Waals surface area contributed by atoms with Crippen molar-refractivity contribution in [2.45, 2.75) is 38.4 Å². The van der Waals surface area contributed by atoms with Crippen LogP contribution in [0.2, 0.25) is 0 Å². The lowest BCUT2D eigenvalue weighted by atomic mass is 10.0. The Morgan fingerprint density at radius 2 is 1.83 bits per heavy atom. The van der Waals surface area contributed by atoms with Gasteiger partial charge in [0.25, 0.3) is 5.91 Å². The number of oxazole rings is 1. The number of hydrogen-bond donors (Lipinski definition) is 2. The van der Waals surface area contributed by atoms with Crippen molar-refractivity contribution in [3.63, 3.8) is 0 Å². The molecule has 0 radical (unpaired) electrons. The molecule has 184 valence electrons. The number of aromatic nitrogens is 2. The van der Waals surface area contributed by atoms with Crippen LogP contribution in [0.15, 0.2) is 53.1 Å². The number of carbonyl (C=O) groups is 2. The highest BCUT2D eigenvalue weighted by molar-refractivity contribution is 6.04. The SMILES string of the molecule is CCC(=O)N1CCC(Nc2ccc(NC(=O)c3nc(-c4ccccc4)oc3C(F)(F)F)cn2)CC1. The number of rotatable bonds is 6. The predicted molar refractivity (Wildman–Crippen MR) is 123 cm³/mol. The first-order chi connectivity index (χ1) is 16.7. The minimum atomic E-state index is -4.89. The Kier molecular flexibility index (Phi) is 7.04. The van der Waals surface area contributed by atoms with Crippen molar-refractivity contribution in [1.29, 1.82) is 0 Å². The van der Waals surface area contributed by atoms with E-state index in [1.807, 2.05) is 11.8 Å². The van der Waals surface area contributed by atoms with Crippen molar-refractivity contribution in [2.24, 2.45) is 0 Å². The fraction of sp³-hybridized carbons (Fsp3) is 0.333. The lowest BCUT2D eigenvalue weighted by molar-refractivity contribution is -0.153. The lowest BCUT2D eigenvalue weighted by Crippen LogP contribution is -2.42. The molecule has 1 aliphatic heterocycles. The number of likely N-dealkylation sites (tertiary alicyclic amines) is 1. The van der Waals surface area contributed by atoms with Crippen molar-refractivity contribution in [2.75, 3.05) is 23.7 Å². The first kappa shape index (κ1) is 24.2. The van der Waals surface area contributed by atoms with E-state index in [1.54, 1.807) is 24.3 Å². The summed E-state index contributed by atoms with van der Waals surface area (Å²) in [7, 11) is 0. The topological polar surface area (TPSA) is 100 Å². The van der Waals surface area contributed by atoms with Gasteiger partial charge in [0.2, 0.25) is 17.6 Å². The van der Waals surface area contributed by atoms with Gasteiger partial charge in [0, 0.05) is 31.1 Å². The molecule has 4 rings (SSSR count). The Balaban J connectivity index is 1.41. The van der Waals surface area contributed by atoms with E-state index in [-0.39, 0.29) is 23.5 Å². The molecule has 0 spiro atoms. The van der Waals surface area contributed by atoms with Gasteiger partial charge in [-0.3, -0.25) is 9.59 Å². The second kappa shape index (κ2) is 10.2. The minimum Gasteiger partial charge on any atom is -0.431 e. The molecule has 2 N–H and O–H groups in total. The molecule has 3 heterocycles. The molecule has 8 nitrogen and oxygen atoms in total. The molecule has 2 amide bonds. The first-order valence-corrected chi connectivity index (χ1v) is 11.2. The molecular weight excluding hydrogens is 463 g/mol. The number of anilines is 2. The minimum absolute atomic E-state index is 0.137. The van der Waals surface area contributed by atoms with Gasteiger partial charge in [-0.15, -0.1) is 0 Å². The molecule has 0 bridgehead atoms. The van der Waals surface area contributed by atoms with E-state index in [2.05, 4.69) is 20.6 Å². The molecule has 1 fully saturated rings. The van der Waals surface area contributed by atoms with Gasteiger partial charge in [-0.25, -0.2) is 9.97 Å². The first-order valence-electron chi connectivity index (χ1n) is 11.2. The van der Waals surface area contributed by atoms with Crippen LogP contribution in [0, 0.1) is 0 Å². The molecule has 1 aromatic carbocycles. The van der Waals surface area contributed by atoms with E-state index >= 15 is 0 Å². The van der Waals surface area contributed by atoms with Gasteiger partial charge in [-0.05, 0) is 37.1 Å². The largest absolute Gasteiger partial charge is 0.452 e. The zero-order valence-corrected chi connectivity index (χ0v) is 18.9. The highest BCUT2D eigenvalue weighted by Crippen LogP contribution is 2.35. The van der Waals surface area contributed by atoms with Crippen molar-refractivity contribution in [3.8, 4) is 11.5 Å². The summed E-state index contributed by atoms with van der Waals surface area (Å²) in [6.45, 7) is 3.18. The van der Waals surface area contributed by atoms with Gasteiger partial charge in [0.15, 0.2) is 5.69 Å². The number of nitrogens with one attached hydrogen (secondary N) is 2. The number of alkyl halides is 3. The molecule has 1 aliphatic rings. The van der Waals surface area contributed by atoms with Crippen LogP contribution in [0.1, 0.15) is 42.4 Å². The van der Waals surface area contributed by atoms with Crippen LogP contribution >= 0.6 is 0 Å². The second-order valence-corrected chi connectivity index (χ2v) is 8.10. The third-order valence-corrected chi connectivity index (χ3v) is 5.64. The summed E-state index contributed by atoms with van der Waals surface area (Å²) in [5, 5.41) is 5.68. The van der Waals surface area contributed by atoms with Gasteiger partial charge in [0.1, 0.15) is 5.82 Å². The summed E-state index contributed by atoms with van der Waals surface area (Å²) in [6.07, 6.45) is -1.50. The lowest BCUT2D eigenvalue weighted by Gasteiger charge is -2.32. The van der Waals surface area contributed by atoms with Crippen LogP contribution in [0.25, 0.3) is 11.5 Å². The van der Waals surface area contributed by atoms with E-state index in [9.17, 15) is 22.8 Å². The third kappa shape index (κ3) is 5.79. The monoisotopic (exact) mass is 487 g/mol. The van der Waals surface area contributed by atoms with Gasteiger partial charge in [-0.1, -0.05) is 25.1 Å². The normalized spacial score (nSPS) is 14.6. The molecular formula is C24H24F3N5O3. The smallest absolute Gasteiger partial charge is 0.431 e. The summed E-state index contributed by atoms with van der Waals surface area (Å²) < 4.78 is 45.4. The fourth-order valence-corrected chi connectivity index (χ4v) is 3.82. The number of carbonyl (C=O) groups excluding carboxylic acids is 2. The number of pyridine rings is 1. The summed E-state index contributed by atoms with van der Waals surface area (Å²) in [5.74, 6) is -2.12. The van der Waals surface area contributed by atoms with Crippen molar-refractivity contribution in [3.05, 3.63) is 60.1 Å². The molecule has 2 aromatic heterocycles. The second-order valence-electron chi connectivity index (χ2n) is 8.10. The van der Waals surface area contributed by atoms with Crippen LogP contribution in [0.4, 0.5) is 24.7 Å². The molecule has 0 atom stereocenters. The molecule has 0 saturated carbocycles. The van der Waals surface area contributed by atoms with E-state index in [0.717, 1.165) is 12.8 Å². The number of hydrogen-bond acceptors (Lipinski definition) is 6. The Hall–Kier alpha value is -3.89. The van der Waals surface area contributed by atoms with Crippen LogP contribution in [0.5, 0.6) is 0 Å². The van der Waals surface area contributed by atoms with Crippen LogP contribution in [0.3, 0.4) is 0 Å². The predicted octanol–water partition coefficient (Wildman–Crippen LogP) is 4.82. The summed E-state index contributed by atoms with van der Waals surface area (Å²) in [6, 6.07) is 11.3. The molecule has 1 saturated heterocycles. The Morgan fingerprint density at radius 3 is 2.43 bits per heavy atom. The number of halogens is 3. The third-order valence-electron chi connectivity index (χ3n) is 5.64. The fourth-order valence-electron chi connectivity index (χ4n) is 3.82. The Labute approximate surface area is 199 Å². The number of benzene rings is 1. The number of amides is 2. The van der Waals surface area contributed by atoms with Gasteiger partial charge >= 0.3 is 6.18 Å². The van der Waals surface area contributed by atoms with Crippen molar-refractivity contribution >= 4 is 23.3 Å². The quantitative estimate of drug-likeness (QED) is 0.517. The maximum Gasteiger partial charge on any atom is 0.452 e. The molecule has 35 heavy (non-hydrogen) atoms. The summed E-state index contributed by atoms with van der Waals surface area (Å²) in [5.41, 5.74) is -0.327. The highest BCUT2D eigenvalue weighted by Gasteiger charge is 2.42. The number of piperidine rings is 1. The maximum absolute atomic E-state index is 13.5. The highest BCUT2D eigenvalue weighted by atomic mass is 19.4. The average molecular weight is 487 g/mol. The van der Waals surface area contributed by atoms with Crippen LogP contribution in [-0.4, -0.2) is 45.8 Å². The van der Waals surface area contributed by atoms with Crippen LogP contribution in [-0.2, 0) is 11.0 Å². The van der Waals surface area contributed by atoms with E-state index in [0.29, 0.717) is 30.9 Å². The van der Waals surface area contributed by atoms with E-state index < -0.39 is 23.5 Å². The van der Waals surface area contributed by atoms with Gasteiger partial charge < -0.3 is 20.0 Å². The van der Waals surface area contributed by atoms with E-state index in [4.69, 9.17) is 4.42 Å². The van der Waals surface area contributed by atoms with Gasteiger partial charge in [0.05, 0.1) is 11.9 Å². The van der Waals surface area contributed by atoms with E-state index in [1.165, 1.54) is 24.4 Å². The van der Waals surface area contributed by atoms with Gasteiger partial charge in [-0.2, -0.15) is 13.2 Å². The molecule has 0 unspecified atom stereocenters. The maximum atomic E-state index is 13.5. The number of nitrogens with zero attached hydrogens (tertiary/aromatic N) is 3. The van der Waals surface area contributed by atoms with Crippen LogP contribution < -0.4 is 10.6 Å². The molecule has 0 aliphatic carbocycles. The zero-order chi connectivity index (χ0) is 25.0. The van der Waals surface area contributed by atoms with Crippen molar-refractivity contribution in [1.82, 2.24) is 14.9 Å². The zero-order valence-electron chi connectivity index (χ0n) is 18.9. The Morgan fingerprint density at radius 1 is 1.11 bits per heavy atom. The molecule has 11 heteroatoms. The summed E-state index contributed by atoms with van der Waals surface area (Å²) in [4.78, 5) is 34.3. The average Bonchev–Trinajstić information content (AvgIpc) is 3.32. The standard InChI is InChI=1S/C24H24F3N5O3/c1-2-19(33)32-12-10-16(11-13-32)29-18-9-8-17(14-28-18)30-22(34)20-21(24(25,26)27)35-23(31-20)15-6-4-3-5-7-15/h3-9,14,16H,2,10-13H2,1H3,(H,28,29)(H,30,34). The Bertz CT molecular complexity index is 1170. The molecule has 3 aromatic rings. The summed E-state index contributed by atoms with van der Waals surface area (Å²) >= 11 is 0.